The van der Waals surface area contributed by atoms with E-state index in [2.05, 4.69) is 23.5 Å². The molecule has 1 N–H and O–H groups in total. The Morgan fingerprint density at radius 3 is 2.21 bits per heavy atom. The predicted octanol–water partition coefficient (Wildman–Crippen LogP) is 3.47. The summed E-state index contributed by atoms with van der Waals surface area (Å²) in [5, 5.41) is 4.18. The Morgan fingerprint density at radius 2 is 1.58 bits per heavy atom. The molecule has 1 amide bonds. The molecule has 0 aliphatic rings. The van der Waals surface area contributed by atoms with Gasteiger partial charge in [0.25, 0.3) is 5.91 Å². The summed E-state index contributed by atoms with van der Waals surface area (Å²) in [6.45, 7) is 5.97. The number of carbonyl (C=O) groups is 1. The highest BCUT2D eigenvalue weighted by Gasteiger charge is 2.10. The van der Waals surface area contributed by atoms with E-state index in [1.807, 2.05) is 26.0 Å². The van der Waals surface area contributed by atoms with Gasteiger partial charge < -0.3 is 9.47 Å². The van der Waals surface area contributed by atoms with Crippen molar-refractivity contribution in [2.45, 2.75) is 20.8 Å². The summed E-state index contributed by atoms with van der Waals surface area (Å²) in [6, 6.07) is 11.1. The van der Waals surface area contributed by atoms with Crippen molar-refractivity contribution in [3.63, 3.8) is 0 Å². The first kappa shape index (κ1) is 17.5. The third kappa shape index (κ3) is 3.93. The molecule has 0 saturated carbocycles. The van der Waals surface area contributed by atoms with Crippen molar-refractivity contribution in [3.05, 3.63) is 58.7 Å². The van der Waals surface area contributed by atoms with Crippen LogP contribution in [0.1, 0.15) is 34.0 Å². The topological polar surface area (TPSA) is 59.9 Å². The first-order valence-corrected chi connectivity index (χ1v) is 7.60. The van der Waals surface area contributed by atoms with Crippen molar-refractivity contribution < 1.29 is 14.3 Å². The molecule has 0 spiro atoms. The summed E-state index contributed by atoms with van der Waals surface area (Å²) in [4.78, 5) is 12.3. The van der Waals surface area contributed by atoms with Crippen molar-refractivity contribution >= 4 is 11.6 Å². The number of carbonyl (C=O) groups excluding carboxylic acids is 1. The van der Waals surface area contributed by atoms with Crippen LogP contribution in [0.15, 0.2) is 41.5 Å². The van der Waals surface area contributed by atoms with Crippen LogP contribution in [0.25, 0.3) is 0 Å². The van der Waals surface area contributed by atoms with Crippen LogP contribution in [-0.4, -0.2) is 25.8 Å². The van der Waals surface area contributed by atoms with E-state index >= 15 is 0 Å². The Labute approximate surface area is 142 Å². The molecule has 126 valence electrons. The first-order chi connectivity index (χ1) is 11.5. The molecular weight excluding hydrogens is 304 g/mol. The molecule has 0 bridgehead atoms. The number of nitrogens with zero attached hydrogens (tertiary/aromatic N) is 1. The maximum Gasteiger partial charge on any atom is 0.271 e. The number of hydrogen-bond donors (Lipinski definition) is 1. The monoisotopic (exact) mass is 326 g/mol. The van der Waals surface area contributed by atoms with Gasteiger partial charge in [0.1, 0.15) is 0 Å². The second-order valence-electron chi connectivity index (χ2n) is 5.51. The van der Waals surface area contributed by atoms with Gasteiger partial charge in [-0.1, -0.05) is 12.1 Å². The molecule has 2 rings (SSSR count). The average Bonchev–Trinajstić information content (AvgIpc) is 2.60. The van der Waals surface area contributed by atoms with Crippen LogP contribution in [0.2, 0.25) is 0 Å². The van der Waals surface area contributed by atoms with Gasteiger partial charge in [0, 0.05) is 5.56 Å². The van der Waals surface area contributed by atoms with Gasteiger partial charge >= 0.3 is 0 Å². The molecule has 0 saturated heterocycles. The van der Waals surface area contributed by atoms with E-state index in [1.54, 1.807) is 25.3 Å². The highest BCUT2D eigenvalue weighted by molar-refractivity contribution is 6.01. The average molecular weight is 326 g/mol. The van der Waals surface area contributed by atoms with Crippen molar-refractivity contribution in [3.8, 4) is 11.5 Å². The van der Waals surface area contributed by atoms with Gasteiger partial charge in [-0.05, 0) is 61.7 Å². The van der Waals surface area contributed by atoms with Gasteiger partial charge in [-0.15, -0.1) is 0 Å². The summed E-state index contributed by atoms with van der Waals surface area (Å²) < 4.78 is 10.4. The summed E-state index contributed by atoms with van der Waals surface area (Å²) in [7, 11) is 3.08. The quantitative estimate of drug-likeness (QED) is 0.676. The van der Waals surface area contributed by atoms with Crippen molar-refractivity contribution in [1.82, 2.24) is 5.43 Å². The zero-order chi connectivity index (χ0) is 17.7. The Bertz CT molecular complexity index is 782. The van der Waals surface area contributed by atoms with Gasteiger partial charge in [-0.25, -0.2) is 5.43 Å². The lowest BCUT2D eigenvalue weighted by Crippen LogP contribution is -2.19. The molecule has 0 aliphatic carbocycles. The molecule has 2 aromatic carbocycles. The highest BCUT2D eigenvalue weighted by Crippen LogP contribution is 2.27. The lowest BCUT2D eigenvalue weighted by molar-refractivity contribution is 0.0954. The summed E-state index contributed by atoms with van der Waals surface area (Å²) in [5.74, 6) is 0.767. The van der Waals surface area contributed by atoms with E-state index in [1.165, 1.54) is 18.2 Å². The van der Waals surface area contributed by atoms with Crippen LogP contribution in [0, 0.1) is 13.8 Å². The van der Waals surface area contributed by atoms with Gasteiger partial charge in [-0.3, -0.25) is 4.79 Å². The number of aryl methyl sites for hydroxylation is 2. The minimum atomic E-state index is -0.306. The summed E-state index contributed by atoms with van der Waals surface area (Å²) in [5.41, 5.74) is 7.15. The third-order valence-electron chi connectivity index (χ3n) is 3.90. The maximum absolute atomic E-state index is 12.3. The third-order valence-corrected chi connectivity index (χ3v) is 3.90. The zero-order valence-corrected chi connectivity index (χ0v) is 14.6. The van der Waals surface area contributed by atoms with Crippen LogP contribution >= 0.6 is 0 Å². The summed E-state index contributed by atoms with van der Waals surface area (Å²) >= 11 is 0. The SMILES string of the molecule is COc1ccc(C(=O)N/N=C(\C)c2ccc(C)c(C)c2)cc1OC. The fourth-order valence-electron chi connectivity index (χ4n) is 2.21. The Balaban J connectivity index is 2.15. The second-order valence-corrected chi connectivity index (χ2v) is 5.51. The molecule has 0 aromatic heterocycles. The number of rotatable bonds is 5. The minimum Gasteiger partial charge on any atom is -0.493 e. The lowest BCUT2D eigenvalue weighted by Gasteiger charge is -2.09. The second kappa shape index (κ2) is 7.64. The number of benzene rings is 2. The Morgan fingerprint density at radius 1 is 0.917 bits per heavy atom. The summed E-state index contributed by atoms with van der Waals surface area (Å²) in [6.07, 6.45) is 0. The molecule has 2 aromatic rings. The van der Waals surface area contributed by atoms with Crippen molar-refractivity contribution in [2.75, 3.05) is 14.2 Å². The van der Waals surface area contributed by atoms with E-state index in [9.17, 15) is 4.79 Å². The number of ether oxygens (including phenoxy) is 2. The largest absolute Gasteiger partial charge is 0.493 e. The molecule has 0 unspecified atom stereocenters. The molecule has 0 aliphatic heterocycles. The van der Waals surface area contributed by atoms with Crippen LogP contribution in [-0.2, 0) is 0 Å². The molecule has 24 heavy (non-hydrogen) atoms. The highest BCUT2D eigenvalue weighted by atomic mass is 16.5. The Hall–Kier alpha value is -2.82. The fourth-order valence-corrected chi connectivity index (χ4v) is 2.21. The zero-order valence-electron chi connectivity index (χ0n) is 14.6. The van der Waals surface area contributed by atoms with Gasteiger partial charge in [0.15, 0.2) is 11.5 Å². The van der Waals surface area contributed by atoms with Crippen LogP contribution in [0.5, 0.6) is 11.5 Å². The van der Waals surface area contributed by atoms with Crippen molar-refractivity contribution in [2.24, 2.45) is 5.10 Å². The van der Waals surface area contributed by atoms with E-state index in [0.717, 1.165) is 11.3 Å². The molecular formula is C19H22N2O3. The molecule has 5 heteroatoms. The number of hydrogen-bond acceptors (Lipinski definition) is 4. The fraction of sp³-hybridized carbons (Fsp3) is 0.263. The number of amides is 1. The van der Waals surface area contributed by atoms with Gasteiger partial charge in [0.05, 0.1) is 19.9 Å². The maximum atomic E-state index is 12.3. The van der Waals surface area contributed by atoms with Gasteiger partial charge in [0.2, 0.25) is 0 Å². The molecule has 0 fully saturated rings. The molecule has 0 radical (unpaired) electrons. The van der Waals surface area contributed by atoms with E-state index in [0.29, 0.717) is 17.1 Å². The molecule has 0 heterocycles. The first-order valence-electron chi connectivity index (χ1n) is 7.60. The smallest absolute Gasteiger partial charge is 0.271 e. The predicted molar refractivity (Wildman–Crippen MR) is 95.1 cm³/mol. The molecule has 0 atom stereocenters. The van der Waals surface area contributed by atoms with Gasteiger partial charge in [-0.2, -0.15) is 5.10 Å². The van der Waals surface area contributed by atoms with E-state index in [-0.39, 0.29) is 5.91 Å². The van der Waals surface area contributed by atoms with E-state index in [4.69, 9.17) is 9.47 Å². The van der Waals surface area contributed by atoms with Crippen molar-refractivity contribution in [1.29, 1.82) is 0 Å². The lowest BCUT2D eigenvalue weighted by atomic mass is 10.0. The standard InChI is InChI=1S/C19H22N2O3/c1-12-6-7-15(10-13(12)2)14(3)20-21-19(22)16-8-9-17(23-4)18(11-16)24-5/h6-11H,1-5H3,(H,21,22)/b20-14+. The van der Waals surface area contributed by atoms with Crippen LogP contribution < -0.4 is 14.9 Å². The number of methoxy groups -OCH3 is 2. The normalized spacial score (nSPS) is 11.1. The van der Waals surface area contributed by atoms with E-state index < -0.39 is 0 Å². The number of hydrazone groups is 1. The van der Waals surface area contributed by atoms with Crippen LogP contribution in [0.3, 0.4) is 0 Å². The van der Waals surface area contributed by atoms with Crippen LogP contribution in [0.4, 0.5) is 0 Å². The molecule has 5 nitrogen and oxygen atoms in total. The number of nitrogens with one attached hydrogen (secondary N) is 1. The Kier molecular flexibility index (Phi) is 5.58. The minimum absolute atomic E-state index is 0.306.